The number of rotatable bonds is 5. The van der Waals surface area contributed by atoms with Crippen molar-refractivity contribution < 1.29 is 4.79 Å². The molecule has 104 valence electrons. The second kappa shape index (κ2) is 5.60. The van der Waals surface area contributed by atoms with Crippen LogP contribution >= 0.6 is 0 Å². The molecule has 0 aromatic carbocycles. The van der Waals surface area contributed by atoms with Crippen LogP contribution in [0.5, 0.6) is 0 Å². The molecule has 1 amide bonds. The molecular weight excluding hydrogens is 224 g/mol. The molecule has 0 aromatic heterocycles. The van der Waals surface area contributed by atoms with Gasteiger partial charge in [0.15, 0.2) is 0 Å². The van der Waals surface area contributed by atoms with Crippen molar-refractivity contribution in [3.63, 3.8) is 0 Å². The minimum Gasteiger partial charge on any atom is -0.354 e. The maximum atomic E-state index is 12.5. The molecule has 2 fully saturated rings. The SMILES string of the molecule is CCCC1(C(=O)NCC2(C)CCCC2)CCCN1. The highest BCUT2D eigenvalue weighted by Crippen LogP contribution is 2.37. The summed E-state index contributed by atoms with van der Waals surface area (Å²) in [6.07, 6.45) is 9.35. The van der Waals surface area contributed by atoms with Gasteiger partial charge in [-0.05, 0) is 44.1 Å². The molecule has 1 saturated carbocycles. The molecule has 1 aliphatic carbocycles. The molecule has 0 spiro atoms. The van der Waals surface area contributed by atoms with Gasteiger partial charge in [0.25, 0.3) is 0 Å². The third-order valence-corrected chi connectivity index (χ3v) is 4.84. The average molecular weight is 252 g/mol. The quantitative estimate of drug-likeness (QED) is 0.789. The van der Waals surface area contributed by atoms with E-state index in [9.17, 15) is 4.79 Å². The van der Waals surface area contributed by atoms with E-state index in [0.717, 1.165) is 38.8 Å². The van der Waals surface area contributed by atoms with Crippen LogP contribution in [0.25, 0.3) is 0 Å². The third kappa shape index (κ3) is 2.87. The van der Waals surface area contributed by atoms with Crippen LogP contribution in [0.2, 0.25) is 0 Å². The summed E-state index contributed by atoms with van der Waals surface area (Å²) >= 11 is 0. The normalized spacial score (nSPS) is 30.6. The van der Waals surface area contributed by atoms with Gasteiger partial charge >= 0.3 is 0 Å². The molecule has 1 heterocycles. The van der Waals surface area contributed by atoms with E-state index in [0.29, 0.717) is 5.41 Å². The molecule has 3 heteroatoms. The Labute approximate surface area is 111 Å². The number of carbonyl (C=O) groups excluding carboxylic acids is 1. The summed E-state index contributed by atoms with van der Waals surface area (Å²) in [5.74, 6) is 0.245. The maximum absolute atomic E-state index is 12.5. The first kappa shape index (κ1) is 13.9. The van der Waals surface area contributed by atoms with Crippen LogP contribution in [0.4, 0.5) is 0 Å². The topological polar surface area (TPSA) is 41.1 Å². The Bertz CT molecular complexity index is 289. The summed E-state index contributed by atoms with van der Waals surface area (Å²) in [5.41, 5.74) is 0.0887. The van der Waals surface area contributed by atoms with Crippen LogP contribution in [0, 0.1) is 5.41 Å². The van der Waals surface area contributed by atoms with Crippen molar-refractivity contribution in [1.29, 1.82) is 0 Å². The molecule has 0 radical (unpaired) electrons. The molecule has 1 aliphatic heterocycles. The second-order valence-corrected chi connectivity index (χ2v) is 6.56. The third-order valence-electron chi connectivity index (χ3n) is 4.84. The largest absolute Gasteiger partial charge is 0.354 e. The van der Waals surface area contributed by atoms with E-state index in [2.05, 4.69) is 24.5 Å². The lowest BCUT2D eigenvalue weighted by Crippen LogP contribution is -2.54. The molecule has 1 atom stereocenters. The van der Waals surface area contributed by atoms with Gasteiger partial charge in [-0.15, -0.1) is 0 Å². The van der Waals surface area contributed by atoms with E-state index in [1.807, 2.05) is 0 Å². The summed E-state index contributed by atoms with van der Waals surface area (Å²) in [5, 5.41) is 6.68. The van der Waals surface area contributed by atoms with Crippen molar-refractivity contribution in [1.82, 2.24) is 10.6 Å². The molecule has 18 heavy (non-hydrogen) atoms. The lowest BCUT2D eigenvalue weighted by atomic mass is 9.87. The number of carbonyl (C=O) groups is 1. The van der Waals surface area contributed by atoms with Gasteiger partial charge in [0.1, 0.15) is 0 Å². The lowest BCUT2D eigenvalue weighted by Gasteiger charge is -2.31. The Balaban J connectivity index is 1.89. The Hall–Kier alpha value is -0.570. The molecular formula is C15H28N2O. The monoisotopic (exact) mass is 252 g/mol. The van der Waals surface area contributed by atoms with Crippen LogP contribution in [-0.4, -0.2) is 24.5 Å². The van der Waals surface area contributed by atoms with E-state index >= 15 is 0 Å². The van der Waals surface area contributed by atoms with Gasteiger partial charge in [0, 0.05) is 6.54 Å². The van der Waals surface area contributed by atoms with E-state index in [1.54, 1.807) is 0 Å². The molecule has 2 N–H and O–H groups in total. The minimum absolute atomic E-state index is 0.245. The Kier molecular flexibility index (Phi) is 4.31. The van der Waals surface area contributed by atoms with E-state index in [4.69, 9.17) is 0 Å². The molecule has 1 saturated heterocycles. The summed E-state index contributed by atoms with van der Waals surface area (Å²) in [6, 6.07) is 0. The fourth-order valence-electron chi connectivity index (χ4n) is 3.62. The smallest absolute Gasteiger partial charge is 0.240 e. The highest BCUT2D eigenvalue weighted by molar-refractivity contribution is 5.86. The van der Waals surface area contributed by atoms with Crippen molar-refractivity contribution in [2.75, 3.05) is 13.1 Å². The average Bonchev–Trinajstić information content (AvgIpc) is 2.97. The van der Waals surface area contributed by atoms with Gasteiger partial charge in [-0.2, -0.15) is 0 Å². The van der Waals surface area contributed by atoms with Crippen LogP contribution < -0.4 is 10.6 Å². The highest BCUT2D eigenvalue weighted by atomic mass is 16.2. The Morgan fingerprint density at radius 2 is 1.94 bits per heavy atom. The van der Waals surface area contributed by atoms with Crippen LogP contribution in [0.1, 0.15) is 65.2 Å². The summed E-state index contributed by atoms with van der Waals surface area (Å²) in [7, 11) is 0. The fraction of sp³-hybridized carbons (Fsp3) is 0.933. The standard InChI is InChI=1S/C15H28N2O/c1-3-7-15(10-6-11-17-15)13(18)16-12-14(2)8-4-5-9-14/h17H,3-12H2,1-2H3,(H,16,18). The molecule has 2 rings (SSSR count). The number of amides is 1. The van der Waals surface area contributed by atoms with E-state index in [-0.39, 0.29) is 11.4 Å². The van der Waals surface area contributed by atoms with Gasteiger partial charge in [-0.1, -0.05) is 33.1 Å². The van der Waals surface area contributed by atoms with Crippen LogP contribution in [0.15, 0.2) is 0 Å². The lowest BCUT2D eigenvalue weighted by molar-refractivity contribution is -0.128. The fourth-order valence-corrected chi connectivity index (χ4v) is 3.62. The first-order chi connectivity index (χ1) is 8.60. The summed E-state index contributed by atoms with van der Waals surface area (Å²) in [4.78, 5) is 12.5. The van der Waals surface area contributed by atoms with Gasteiger partial charge in [-0.3, -0.25) is 4.79 Å². The molecule has 2 aliphatic rings. The molecule has 0 bridgehead atoms. The highest BCUT2D eigenvalue weighted by Gasteiger charge is 2.40. The van der Waals surface area contributed by atoms with Gasteiger partial charge in [0.2, 0.25) is 5.91 Å². The van der Waals surface area contributed by atoms with Crippen molar-refractivity contribution in [2.24, 2.45) is 5.41 Å². The first-order valence-electron chi connectivity index (χ1n) is 7.64. The summed E-state index contributed by atoms with van der Waals surface area (Å²) < 4.78 is 0. The number of nitrogens with one attached hydrogen (secondary N) is 2. The summed E-state index contributed by atoms with van der Waals surface area (Å²) in [6.45, 7) is 6.33. The van der Waals surface area contributed by atoms with Gasteiger partial charge in [-0.25, -0.2) is 0 Å². The second-order valence-electron chi connectivity index (χ2n) is 6.56. The Morgan fingerprint density at radius 3 is 2.50 bits per heavy atom. The molecule has 0 aromatic rings. The van der Waals surface area contributed by atoms with Crippen molar-refractivity contribution in [3.8, 4) is 0 Å². The predicted molar refractivity (Wildman–Crippen MR) is 74.5 cm³/mol. The predicted octanol–water partition coefficient (Wildman–Crippen LogP) is 2.61. The molecule has 1 unspecified atom stereocenters. The van der Waals surface area contributed by atoms with Crippen LogP contribution in [0.3, 0.4) is 0 Å². The van der Waals surface area contributed by atoms with Crippen LogP contribution in [-0.2, 0) is 4.79 Å². The van der Waals surface area contributed by atoms with Crippen molar-refractivity contribution in [2.45, 2.75) is 70.8 Å². The zero-order chi connectivity index (χ0) is 13.1. The van der Waals surface area contributed by atoms with Crippen molar-refractivity contribution >= 4 is 5.91 Å². The van der Waals surface area contributed by atoms with E-state index < -0.39 is 0 Å². The van der Waals surface area contributed by atoms with Crippen molar-refractivity contribution in [3.05, 3.63) is 0 Å². The van der Waals surface area contributed by atoms with Gasteiger partial charge in [0.05, 0.1) is 5.54 Å². The first-order valence-corrected chi connectivity index (χ1v) is 7.64. The zero-order valence-electron chi connectivity index (χ0n) is 12.0. The zero-order valence-corrected chi connectivity index (χ0v) is 12.0. The Morgan fingerprint density at radius 1 is 1.22 bits per heavy atom. The van der Waals surface area contributed by atoms with Gasteiger partial charge < -0.3 is 10.6 Å². The van der Waals surface area contributed by atoms with E-state index in [1.165, 1.54) is 25.7 Å². The molecule has 3 nitrogen and oxygen atoms in total. The number of hydrogen-bond donors (Lipinski definition) is 2. The minimum atomic E-state index is -0.260. The number of hydrogen-bond acceptors (Lipinski definition) is 2. The maximum Gasteiger partial charge on any atom is 0.240 e.